The maximum absolute atomic E-state index is 12.4. The Morgan fingerprint density at radius 3 is 2.52 bits per heavy atom. The number of amides is 2. The summed E-state index contributed by atoms with van der Waals surface area (Å²) in [5.74, 6) is -0.741. The summed E-state index contributed by atoms with van der Waals surface area (Å²) in [6.45, 7) is 2.06. The SMILES string of the molecule is CCc1ccc(C(=O)NC(=S)Nc2sc3c(c2C(N)=O)CCCCC3)cc1. The fourth-order valence-electron chi connectivity index (χ4n) is 3.29. The van der Waals surface area contributed by atoms with E-state index < -0.39 is 5.91 Å². The number of fused-ring (bicyclic) bond motifs is 1. The summed E-state index contributed by atoms with van der Waals surface area (Å²) < 4.78 is 0. The van der Waals surface area contributed by atoms with E-state index in [0.717, 1.165) is 44.1 Å². The van der Waals surface area contributed by atoms with Crippen LogP contribution in [0.1, 0.15) is 62.9 Å². The van der Waals surface area contributed by atoms with Crippen molar-refractivity contribution in [3.63, 3.8) is 0 Å². The fraction of sp³-hybridized carbons (Fsp3) is 0.350. The second-order valence-electron chi connectivity index (χ2n) is 6.59. The van der Waals surface area contributed by atoms with Crippen LogP contribution in [0.5, 0.6) is 0 Å². The van der Waals surface area contributed by atoms with Gasteiger partial charge in [0.1, 0.15) is 5.00 Å². The molecule has 0 radical (unpaired) electrons. The van der Waals surface area contributed by atoms with E-state index in [-0.39, 0.29) is 11.0 Å². The maximum Gasteiger partial charge on any atom is 0.257 e. The van der Waals surface area contributed by atoms with Crippen molar-refractivity contribution in [1.82, 2.24) is 5.32 Å². The molecule has 1 aliphatic carbocycles. The molecular weight excluding hydrogens is 378 g/mol. The van der Waals surface area contributed by atoms with Crippen molar-refractivity contribution in [1.29, 1.82) is 0 Å². The van der Waals surface area contributed by atoms with E-state index in [2.05, 4.69) is 17.6 Å². The van der Waals surface area contributed by atoms with Gasteiger partial charge in [-0.3, -0.25) is 14.9 Å². The van der Waals surface area contributed by atoms with Gasteiger partial charge in [0.2, 0.25) is 0 Å². The first kappa shape index (κ1) is 19.5. The molecule has 5 nitrogen and oxygen atoms in total. The summed E-state index contributed by atoms with van der Waals surface area (Å²) in [6.07, 6.45) is 6.05. The molecule has 0 saturated heterocycles. The summed E-state index contributed by atoms with van der Waals surface area (Å²) in [7, 11) is 0. The number of carbonyl (C=O) groups excluding carboxylic acids is 2. The van der Waals surface area contributed by atoms with Crippen LogP contribution >= 0.6 is 23.6 Å². The highest BCUT2D eigenvalue weighted by molar-refractivity contribution is 7.80. The monoisotopic (exact) mass is 401 g/mol. The second-order valence-corrected chi connectivity index (χ2v) is 8.10. The smallest absolute Gasteiger partial charge is 0.257 e. The number of primary amides is 1. The van der Waals surface area contributed by atoms with Crippen LogP contribution in [-0.2, 0) is 19.3 Å². The normalized spacial score (nSPS) is 13.4. The molecule has 2 amide bonds. The lowest BCUT2D eigenvalue weighted by atomic mass is 10.1. The maximum atomic E-state index is 12.4. The highest BCUT2D eigenvalue weighted by Crippen LogP contribution is 2.37. The van der Waals surface area contributed by atoms with Gasteiger partial charge in [-0.25, -0.2) is 0 Å². The molecule has 0 spiro atoms. The van der Waals surface area contributed by atoms with Crippen molar-refractivity contribution < 1.29 is 9.59 Å². The average molecular weight is 402 g/mol. The van der Waals surface area contributed by atoms with Gasteiger partial charge >= 0.3 is 0 Å². The first-order valence-electron chi connectivity index (χ1n) is 9.15. The van der Waals surface area contributed by atoms with Crippen LogP contribution in [0.3, 0.4) is 0 Å². The van der Waals surface area contributed by atoms with Gasteiger partial charge in [0.25, 0.3) is 11.8 Å². The lowest BCUT2D eigenvalue weighted by molar-refractivity contribution is 0.0975. The number of thiophene rings is 1. The van der Waals surface area contributed by atoms with Crippen LogP contribution in [0, 0.1) is 0 Å². The van der Waals surface area contributed by atoms with E-state index in [1.807, 2.05) is 12.1 Å². The van der Waals surface area contributed by atoms with Crippen molar-refractivity contribution in [2.24, 2.45) is 5.73 Å². The quantitative estimate of drug-likeness (QED) is 0.537. The van der Waals surface area contributed by atoms with Crippen LogP contribution in [0.25, 0.3) is 0 Å². The van der Waals surface area contributed by atoms with Crippen molar-refractivity contribution in [3.8, 4) is 0 Å². The predicted molar refractivity (Wildman–Crippen MR) is 114 cm³/mol. The zero-order valence-electron chi connectivity index (χ0n) is 15.3. The molecule has 3 rings (SSSR count). The van der Waals surface area contributed by atoms with E-state index in [0.29, 0.717) is 16.1 Å². The van der Waals surface area contributed by atoms with E-state index >= 15 is 0 Å². The minimum absolute atomic E-state index is 0.165. The Hall–Kier alpha value is -2.25. The Labute approximate surface area is 168 Å². The Morgan fingerprint density at radius 1 is 1.15 bits per heavy atom. The molecule has 1 aliphatic rings. The number of benzene rings is 1. The van der Waals surface area contributed by atoms with Gasteiger partial charge in [-0.1, -0.05) is 25.5 Å². The standard InChI is InChI=1S/C20H23N3O2S2/c1-2-12-8-10-13(11-9-12)18(25)22-20(26)23-19-16(17(21)24)14-6-4-3-5-7-15(14)27-19/h8-11H,2-7H2,1H3,(H2,21,24)(H2,22,23,25,26). The Bertz CT molecular complexity index is 872. The first-order valence-corrected chi connectivity index (χ1v) is 10.4. The molecule has 0 fully saturated rings. The first-order chi connectivity index (χ1) is 13.0. The molecule has 1 heterocycles. The number of carbonyl (C=O) groups is 2. The summed E-state index contributed by atoms with van der Waals surface area (Å²) in [4.78, 5) is 25.6. The predicted octanol–water partition coefficient (Wildman–Crippen LogP) is 3.81. The molecule has 142 valence electrons. The van der Waals surface area contributed by atoms with Crippen LogP contribution in [0.2, 0.25) is 0 Å². The summed E-state index contributed by atoms with van der Waals surface area (Å²) in [6, 6.07) is 7.40. The number of hydrogen-bond acceptors (Lipinski definition) is 4. The molecule has 27 heavy (non-hydrogen) atoms. The number of anilines is 1. The summed E-state index contributed by atoms with van der Waals surface area (Å²) in [5, 5.41) is 6.48. The van der Waals surface area contributed by atoms with Gasteiger partial charge in [0.05, 0.1) is 5.56 Å². The van der Waals surface area contributed by atoms with Crippen LogP contribution in [-0.4, -0.2) is 16.9 Å². The van der Waals surface area contributed by atoms with Gasteiger partial charge in [-0.2, -0.15) is 0 Å². The minimum Gasteiger partial charge on any atom is -0.365 e. The number of nitrogens with one attached hydrogen (secondary N) is 2. The van der Waals surface area contributed by atoms with E-state index in [9.17, 15) is 9.59 Å². The van der Waals surface area contributed by atoms with Crippen LogP contribution < -0.4 is 16.4 Å². The third-order valence-corrected chi connectivity index (χ3v) is 6.16. The molecule has 2 aromatic rings. The Kier molecular flexibility index (Phi) is 6.23. The lowest BCUT2D eigenvalue weighted by Gasteiger charge is -2.10. The molecule has 7 heteroatoms. The van der Waals surface area contributed by atoms with Crippen molar-refractivity contribution in [3.05, 3.63) is 51.4 Å². The molecule has 0 unspecified atom stereocenters. The molecule has 1 aromatic heterocycles. The van der Waals surface area contributed by atoms with Gasteiger partial charge in [0.15, 0.2) is 5.11 Å². The molecule has 4 N–H and O–H groups in total. The summed E-state index contributed by atoms with van der Waals surface area (Å²) >= 11 is 6.79. The molecule has 1 aromatic carbocycles. The van der Waals surface area contributed by atoms with Crippen molar-refractivity contribution in [2.45, 2.75) is 45.4 Å². The molecule has 0 saturated carbocycles. The molecule has 0 atom stereocenters. The second kappa shape index (κ2) is 8.63. The van der Waals surface area contributed by atoms with Gasteiger partial charge in [-0.15, -0.1) is 11.3 Å². The third kappa shape index (κ3) is 4.54. The third-order valence-electron chi connectivity index (χ3n) is 4.75. The summed E-state index contributed by atoms with van der Waals surface area (Å²) in [5.41, 5.74) is 8.88. The average Bonchev–Trinajstić information content (AvgIpc) is 2.82. The fourth-order valence-corrected chi connectivity index (χ4v) is 4.85. The van der Waals surface area contributed by atoms with Crippen LogP contribution in [0.15, 0.2) is 24.3 Å². The minimum atomic E-state index is -0.457. The zero-order chi connectivity index (χ0) is 19.4. The lowest BCUT2D eigenvalue weighted by Crippen LogP contribution is -2.34. The highest BCUT2D eigenvalue weighted by atomic mass is 32.1. The van der Waals surface area contributed by atoms with E-state index in [1.165, 1.54) is 21.8 Å². The number of nitrogens with two attached hydrogens (primary N) is 1. The number of rotatable bonds is 4. The number of aryl methyl sites for hydroxylation is 2. The largest absolute Gasteiger partial charge is 0.365 e. The van der Waals surface area contributed by atoms with E-state index in [1.54, 1.807) is 12.1 Å². The van der Waals surface area contributed by atoms with E-state index in [4.69, 9.17) is 18.0 Å². The zero-order valence-corrected chi connectivity index (χ0v) is 16.9. The van der Waals surface area contributed by atoms with Gasteiger partial charge in [0, 0.05) is 10.4 Å². The van der Waals surface area contributed by atoms with Crippen molar-refractivity contribution >= 4 is 45.5 Å². The van der Waals surface area contributed by atoms with Gasteiger partial charge < -0.3 is 11.1 Å². The molecule has 0 bridgehead atoms. The number of thiocarbonyl (C=S) groups is 1. The van der Waals surface area contributed by atoms with Crippen LogP contribution in [0.4, 0.5) is 5.00 Å². The topological polar surface area (TPSA) is 84.2 Å². The molecule has 0 aliphatic heterocycles. The highest BCUT2D eigenvalue weighted by Gasteiger charge is 2.24. The Morgan fingerprint density at radius 2 is 1.85 bits per heavy atom. The van der Waals surface area contributed by atoms with Gasteiger partial charge in [-0.05, 0) is 67.6 Å². The van der Waals surface area contributed by atoms with Crippen molar-refractivity contribution in [2.75, 3.05) is 5.32 Å². The Balaban J connectivity index is 1.73. The number of hydrogen-bond donors (Lipinski definition) is 3. The molecular formula is C20H23N3O2S2.